The molecule has 4 aromatic carbocycles. The fourth-order valence-corrected chi connectivity index (χ4v) is 5.78. The maximum Gasteiger partial charge on any atom is 0.245 e. The van der Waals surface area contributed by atoms with Crippen molar-refractivity contribution in [2.24, 2.45) is 5.73 Å². The normalized spacial score (nSPS) is 18.2. The third-order valence-corrected chi connectivity index (χ3v) is 7.66. The molecule has 5 aromatic rings. The van der Waals surface area contributed by atoms with Crippen molar-refractivity contribution >= 4 is 44.4 Å². The maximum atomic E-state index is 14.1. The van der Waals surface area contributed by atoms with Crippen molar-refractivity contribution in [1.29, 1.82) is 5.26 Å². The number of carbonyl (C=O) groups is 1. The molecule has 0 bridgehead atoms. The van der Waals surface area contributed by atoms with Crippen LogP contribution < -0.4 is 15.8 Å². The number of nitriles is 1. The zero-order chi connectivity index (χ0) is 25.6. The molecule has 0 fully saturated rings. The number of amides is 1. The number of aryl methyl sites for hydroxylation is 3. The van der Waals surface area contributed by atoms with Gasteiger partial charge in [0, 0.05) is 27.6 Å². The minimum Gasteiger partial charge on any atom is -0.439 e. The average molecular weight is 484 g/mol. The van der Waals surface area contributed by atoms with E-state index < -0.39 is 5.41 Å². The van der Waals surface area contributed by atoms with E-state index in [0.29, 0.717) is 39.1 Å². The first kappa shape index (κ1) is 21.3. The predicted octanol–water partition coefficient (Wildman–Crippen LogP) is 5.19. The van der Waals surface area contributed by atoms with Crippen molar-refractivity contribution < 1.29 is 9.53 Å². The summed E-state index contributed by atoms with van der Waals surface area (Å²) in [7, 11) is 0. The second kappa shape index (κ2) is 7.05. The van der Waals surface area contributed by atoms with E-state index >= 15 is 0 Å². The minimum absolute atomic E-state index is 0.0421. The summed E-state index contributed by atoms with van der Waals surface area (Å²) in [6, 6.07) is 19.6. The third kappa shape index (κ3) is 2.56. The van der Waals surface area contributed by atoms with E-state index in [1.54, 1.807) is 0 Å². The van der Waals surface area contributed by atoms with Crippen molar-refractivity contribution in [3.05, 3.63) is 93.9 Å². The summed E-state index contributed by atoms with van der Waals surface area (Å²) in [5, 5.41) is 14.9. The molecule has 0 radical (unpaired) electrons. The van der Waals surface area contributed by atoms with Crippen LogP contribution in [0.1, 0.15) is 27.8 Å². The molecule has 37 heavy (non-hydrogen) atoms. The number of fused-ring (bicyclic) bond motifs is 10. The van der Waals surface area contributed by atoms with Crippen molar-refractivity contribution in [3.8, 4) is 11.8 Å². The highest BCUT2D eigenvalue weighted by Gasteiger charge is 2.58. The molecule has 7 heteroatoms. The molecule has 7 rings (SSSR count). The maximum absolute atomic E-state index is 14.1. The summed E-state index contributed by atoms with van der Waals surface area (Å²) in [5.74, 6) is -0.0402. The standard InChI is InChI=1S/C30H21N5O2/c1-14-8-9-21-19(10-14)30(29(36)35-21)20(13-31)28(32)37-27-18-7-5-4-6-17(18)25-26(24(27)30)34-23-12-16(3)15(2)11-22(23)33-25/h4-12H,32H2,1-3H3,(H,35,36). The summed E-state index contributed by atoms with van der Waals surface area (Å²) in [5.41, 5.74) is 12.4. The van der Waals surface area contributed by atoms with Crippen LogP contribution in [-0.2, 0) is 10.2 Å². The number of carbonyl (C=O) groups excluding carboxylic acids is 1. The molecular weight excluding hydrogens is 462 g/mol. The first-order valence-electron chi connectivity index (χ1n) is 12.0. The summed E-state index contributed by atoms with van der Waals surface area (Å²) in [6.07, 6.45) is 0. The molecular formula is C30H21N5O2. The predicted molar refractivity (Wildman–Crippen MR) is 142 cm³/mol. The quantitative estimate of drug-likeness (QED) is 0.232. The molecule has 2 aliphatic rings. The van der Waals surface area contributed by atoms with Gasteiger partial charge < -0.3 is 15.8 Å². The third-order valence-electron chi connectivity index (χ3n) is 7.66. The largest absolute Gasteiger partial charge is 0.439 e. The van der Waals surface area contributed by atoms with Gasteiger partial charge in [0.1, 0.15) is 22.8 Å². The number of hydrogen-bond acceptors (Lipinski definition) is 6. The Morgan fingerprint density at radius 3 is 2.32 bits per heavy atom. The SMILES string of the molecule is Cc1ccc2c(c1)C1(C(=O)N2)C(C#N)=C(N)Oc2c1c1nc3cc(C)c(C)cc3nc1c1ccccc21. The molecule has 2 aliphatic heterocycles. The smallest absolute Gasteiger partial charge is 0.245 e. The van der Waals surface area contributed by atoms with Crippen molar-refractivity contribution in [2.75, 3.05) is 5.32 Å². The van der Waals surface area contributed by atoms with Gasteiger partial charge in [-0.3, -0.25) is 4.79 Å². The van der Waals surface area contributed by atoms with Gasteiger partial charge in [-0.25, -0.2) is 9.97 Å². The Morgan fingerprint density at radius 2 is 1.62 bits per heavy atom. The van der Waals surface area contributed by atoms with Crippen LogP contribution in [0.25, 0.3) is 32.8 Å². The van der Waals surface area contributed by atoms with Crippen LogP contribution in [0.15, 0.2) is 66.1 Å². The van der Waals surface area contributed by atoms with Crippen LogP contribution in [0, 0.1) is 32.1 Å². The second-order valence-corrected chi connectivity index (χ2v) is 9.80. The van der Waals surface area contributed by atoms with Crippen molar-refractivity contribution in [1.82, 2.24) is 9.97 Å². The van der Waals surface area contributed by atoms with Crippen LogP contribution in [0.5, 0.6) is 5.75 Å². The molecule has 3 heterocycles. The number of nitrogens with two attached hydrogens (primary N) is 1. The lowest BCUT2D eigenvalue weighted by Gasteiger charge is -2.35. The van der Waals surface area contributed by atoms with Crippen LogP contribution in [-0.4, -0.2) is 15.9 Å². The zero-order valence-corrected chi connectivity index (χ0v) is 20.4. The van der Waals surface area contributed by atoms with Gasteiger partial charge in [-0.05, 0) is 50.1 Å². The Labute approximate surface area is 212 Å². The molecule has 1 amide bonds. The van der Waals surface area contributed by atoms with Gasteiger partial charge in [-0.2, -0.15) is 5.26 Å². The zero-order valence-electron chi connectivity index (χ0n) is 20.4. The van der Waals surface area contributed by atoms with Crippen molar-refractivity contribution in [3.63, 3.8) is 0 Å². The molecule has 1 atom stereocenters. The Bertz CT molecular complexity index is 1970. The van der Waals surface area contributed by atoms with Crippen molar-refractivity contribution in [2.45, 2.75) is 26.2 Å². The molecule has 178 valence electrons. The fourth-order valence-electron chi connectivity index (χ4n) is 5.78. The molecule has 1 unspecified atom stereocenters. The summed E-state index contributed by atoms with van der Waals surface area (Å²) >= 11 is 0. The number of rotatable bonds is 0. The van der Waals surface area contributed by atoms with Crippen LogP contribution in [0.2, 0.25) is 0 Å². The van der Waals surface area contributed by atoms with Crippen LogP contribution in [0.3, 0.4) is 0 Å². The van der Waals surface area contributed by atoms with E-state index in [9.17, 15) is 10.1 Å². The first-order valence-corrected chi connectivity index (χ1v) is 12.0. The highest BCUT2D eigenvalue weighted by atomic mass is 16.5. The molecule has 3 N–H and O–H groups in total. The van der Waals surface area contributed by atoms with E-state index in [1.807, 2.05) is 75.4 Å². The molecule has 0 aliphatic carbocycles. The number of nitrogens with one attached hydrogen (secondary N) is 1. The Kier molecular flexibility index (Phi) is 4.06. The lowest BCUT2D eigenvalue weighted by molar-refractivity contribution is -0.118. The number of ether oxygens (including phenoxy) is 1. The van der Waals surface area contributed by atoms with Gasteiger partial charge in [0.2, 0.25) is 11.8 Å². The van der Waals surface area contributed by atoms with Gasteiger partial charge in [-0.15, -0.1) is 0 Å². The van der Waals surface area contributed by atoms with E-state index in [2.05, 4.69) is 11.4 Å². The second-order valence-electron chi connectivity index (χ2n) is 9.80. The lowest BCUT2D eigenvalue weighted by atomic mass is 9.67. The highest BCUT2D eigenvalue weighted by Crippen LogP contribution is 2.57. The molecule has 0 saturated heterocycles. The lowest BCUT2D eigenvalue weighted by Crippen LogP contribution is -2.42. The summed E-state index contributed by atoms with van der Waals surface area (Å²) in [4.78, 5) is 24.2. The Balaban J connectivity index is 1.77. The number of anilines is 1. The Hall–Kier alpha value is -4.96. The number of benzene rings is 4. The monoisotopic (exact) mass is 483 g/mol. The van der Waals surface area contributed by atoms with Gasteiger partial charge >= 0.3 is 0 Å². The molecule has 1 aromatic heterocycles. The summed E-state index contributed by atoms with van der Waals surface area (Å²) < 4.78 is 6.18. The van der Waals surface area contributed by atoms with E-state index in [0.717, 1.165) is 33.0 Å². The molecule has 7 nitrogen and oxygen atoms in total. The van der Waals surface area contributed by atoms with Crippen LogP contribution >= 0.6 is 0 Å². The highest BCUT2D eigenvalue weighted by molar-refractivity contribution is 6.19. The Morgan fingerprint density at radius 1 is 0.946 bits per heavy atom. The molecule has 1 spiro atoms. The minimum atomic E-state index is -1.53. The molecule has 0 saturated carbocycles. The van der Waals surface area contributed by atoms with E-state index in [4.69, 9.17) is 20.4 Å². The average Bonchev–Trinajstić information content (AvgIpc) is 3.15. The summed E-state index contributed by atoms with van der Waals surface area (Å²) in [6.45, 7) is 6.03. The van der Waals surface area contributed by atoms with Gasteiger partial charge in [0.25, 0.3) is 0 Å². The van der Waals surface area contributed by atoms with E-state index in [1.165, 1.54) is 0 Å². The first-order chi connectivity index (χ1) is 17.8. The fraction of sp³-hybridized carbons (Fsp3) is 0.133. The topological polar surface area (TPSA) is 114 Å². The number of nitrogens with zero attached hydrogens (tertiary/aromatic N) is 3. The van der Waals surface area contributed by atoms with E-state index in [-0.39, 0.29) is 17.4 Å². The van der Waals surface area contributed by atoms with Gasteiger partial charge in [0.05, 0.1) is 22.1 Å². The number of hydrogen-bond donors (Lipinski definition) is 2. The van der Waals surface area contributed by atoms with Gasteiger partial charge in [-0.1, -0.05) is 42.0 Å². The van der Waals surface area contributed by atoms with Gasteiger partial charge in [0.15, 0.2) is 0 Å². The van der Waals surface area contributed by atoms with Crippen LogP contribution in [0.4, 0.5) is 5.69 Å². The number of aromatic nitrogens is 2.